The number of carboxylic acid groups (broad SMARTS) is 1. The molecule has 1 N–H and O–H groups in total. The molecule has 2 aliphatic heterocycles. The summed E-state index contributed by atoms with van der Waals surface area (Å²) < 4.78 is 55.3. The van der Waals surface area contributed by atoms with Crippen LogP contribution in [0.1, 0.15) is 61.5 Å². The van der Waals surface area contributed by atoms with Crippen molar-refractivity contribution in [2.75, 3.05) is 37.7 Å². The SMILES string of the molecule is CCOc1cc(CN2CCC3(CC2)CC(=O)N(c2ccc(C(=O)O)cc2)C3)cc(OCC(C)C)c1-c1cc(CF)cc(F)c1F. The van der Waals surface area contributed by atoms with Crippen LogP contribution in [0, 0.1) is 23.0 Å². The number of anilines is 1. The average molecular weight is 625 g/mol. The lowest BCUT2D eigenvalue weighted by molar-refractivity contribution is -0.118. The van der Waals surface area contributed by atoms with E-state index in [1.54, 1.807) is 24.0 Å². The fraction of sp³-hybridized carbons (Fsp3) is 0.429. The lowest BCUT2D eigenvalue weighted by Gasteiger charge is -2.39. The second-order valence-electron chi connectivity index (χ2n) is 12.5. The predicted molar refractivity (Wildman–Crippen MR) is 165 cm³/mol. The topological polar surface area (TPSA) is 79.3 Å². The van der Waals surface area contributed by atoms with Gasteiger partial charge in [0.2, 0.25) is 5.91 Å². The molecule has 1 spiro atoms. The molecule has 1 amide bonds. The molecule has 0 aromatic heterocycles. The van der Waals surface area contributed by atoms with Crippen molar-refractivity contribution in [1.29, 1.82) is 0 Å². The zero-order chi connectivity index (χ0) is 32.3. The summed E-state index contributed by atoms with van der Waals surface area (Å²) in [6.07, 6.45) is 2.07. The van der Waals surface area contributed by atoms with Gasteiger partial charge in [-0.25, -0.2) is 18.0 Å². The van der Waals surface area contributed by atoms with Crippen molar-refractivity contribution in [1.82, 2.24) is 4.90 Å². The van der Waals surface area contributed by atoms with Crippen LogP contribution >= 0.6 is 0 Å². The molecule has 0 unspecified atom stereocenters. The standard InChI is InChI=1S/C35H39F3N2O5/c1-4-44-29-15-24(16-30(45-20-22(2)3)32(29)27-13-23(18-36)14-28(37)33(27)38)19-39-11-9-35(10-12-39)17-31(41)40(21-35)26-7-5-25(6-8-26)34(42)43/h5-8,13-16,22H,4,9-12,17-21H2,1-3H3,(H,42,43). The van der Waals surface area contributed by atoms with Crippen LogP contribution < -0.4 is 14.4 Å². The Kier molecular flexibility index (Phi) is 9.72. The number of likely N-dealkylation sites (tertiary alicyclic amines) is 1. The highest BCUT2D eigenvalue weighted by molar-refractivity contribution is 5.97. The summed E-state index contributed by atoms with van der Waals surface area (Å²) in [5.41, 5.74) is 1.77. The second-order valence-corrected chi connectivity index (χ2v) is 12.5. The summed E-state index contributed by atoms with van der Waals surface area (Å²) in [6, 6.07) is 12.2. The van der Waals surface area contributed by atoms with Crippen molar-refractivity contribution < 1.29 is 37.3 Å². The molecule has 0 saturated carbocycles. The first-order valence-corrected chi connectivity index (χ1v) is 15.4. The summed E-state index contributed by atoms with van der Waals surface area (Å²) in [7, 11) is 0. The highest BCUT2D eigenvalue weighted by Crippen LogP contribution is 2.45. The molecule has 7 nitrogen and oxygen atoms in total. The summed E-state index contributed by atoms with van der Waals surface area (Å²) in [5, 5.41) is 9.19. The van der Waals surface area contributed by atoms with Crippen LogP contribution in [0.5, 0.6) is 11.5 Å². The lowest BCUT2D eigenvalue weighted by atomic mass is 9.77. The number of rotatable bonds is 11. The first kappa shape index (κ1) is 32.3. The number of nitrogens with zero attached hydrogens (tertiary/aromatic N) is 2. The molecule has 0 bridgehead atoms. The molecule has 2 aliphatic rings. The van der Waals surface area contributed by atoms with Crippen LogP contribution in [0.4, 0.5) is 18.9 Å². The monoisotopic (exact) mass is 624 g/mol. The number of hydrogen-bond donors (Lipinski definition) is 1. The minimum absolute atomic E-state index is 0.0220. The van der Waals surface area contributed by atoms with E-state index in [2.05, 4.69) is 4.90 Å². The van der Waals surface area contributed by atoms with Gasteiger partial charge in [0, 0.05) is 30.8 Å². The first-order chi connectivity index (χ1) is 21.5. The Labute approximate surface area is 261 Å². The third kappa shape index (κ3) is 7.11. The Morgan fingerprint density at radius 3 is 2.27 bits per heavy atom. The predicted octanol–water partition coefficient (Wildman–Crippen LogP) is 7.25. The van der Waals surface area contributed by atoms with Crippen molar-refractivity contribution in [3.8, 4) is 22.6 Å². The Balaban J connectivity index is 1.36. The molecular formula is C35H39F3N2O5. The van der Waals surface area contributed by atoms with Gasteiger partial charge < -0.3 is 19.5 Å². The summed E-state index contributed by atoms with van der Waals surface area (Å²) in [6.45, 7) is 8.11. The van der Waals surface area contributed by atoms with E-state index >= 15 is 4.39 Å². The quantitative estimate of drug-likeness (QED) is 0.242. The number of benzene rings is 3. The van der Waals surface area contributed by atoms with Crippen LogP contribution in [-0.4, -0.2) is 54.7 Å². The third-order valence-corrected chi connectivity index (χ3v) is 8.58. The third-order valence-electron chi connectivity index (χ3n) is 8.58. The Hall–Kier alpha value is -4.05. The normalized spacial score (nSPS) is 16.5. The van der Waals surface area contributed by atoms with E-state index in [-0.39, 0.29) is 46.1 Å². The Morgan fingerprint density at radius 2 is 1.67 bits per heavy atom. The van der Waals surface area contributed by atoms with Gasteiger partial charge in [-0.2, -0.15) is 0 Å². The van der Waals surface area contributed by atoms with Crippen LogP contribution in [0.15, 0.2) is 48.5 Å². The van der Waals surface area contributed by atoms with Crippen molar-refractivity contribution in [3.63, 3.8) is 0 Å². The maximum absolute atomic E-state index is 15.2. The van der Waals surface area contributed by atoms with E-state index < -0.39 is 24.3 Å². The first-order valence-electron chi connectivity index (χ1n) is 15.4. The minimum atomic E-state index is -1.13. The highest BCUT2D eigenvalue weighted by atomic mass is 19.2. The molecule has 2 heterocycles. The van der Waals surface area contributed by atoms with Gasteiger partial charge in [-0.15, -0.1) is 0 Å². The molecule has 10 heteroatoms. The number of alkyl halides is 1. The molecule has 0 radical (unpaired) electrons. The Morgan fingerprint density at radius 1 is 1.00 bits per heavy atom. The second kappa shape index (κ2) is 13.5. The number of piperidine rings is 1. The van der Waals surface area contributed by atoms with E-state index in [4.69, 9.17) is 9.47 Å². The van der Waals surface area contributed by atoms with Crippen molar-refractivity contribution in [2.24, 2.45) is 11.3 Å². The molecular weight excluding hydrogens is 585 g/mol. The van der Waals surface area contributed by atoms with Gasteiger partial charge >= 0.3 is 5.97 Å². The van der Waals surface area contributed by atoms with Crippen molar-refractivity contribution in [2.45, 2.75) is 53.3 Å². The van der Waals surface area contributed by atoms with E-state index in [9.17, 15) is 23.5 Å². The molecule has 240 valence electrons. The fourth-order valence-corrected chi connectivity index (χ4v) is 6.24. The average Bonchev–Trinajstić information content (AvgIpc) is 3.34. The van der Waals surface area contributed by atoms with Crippen LogP contribution in [0.3, 0.4) is 0 Å². The molecule has 2 saturated heterocycles. The largest absolute Gasteiger partial charge is 0.493 e. The van der Waals surface area contributed by atoms with Gasteiger partial charge in [-0.05, 0) is 104 Å². The maximum atomic E-state index is 15.2. The molecule has 2 fully saturated rings. The summed E-state index contributed by atoms with van der Waals surface area (Å²) in [4.78, 5) is 28.3. The number of amides is 1. The molecule has 45 heavy (non-hydrogen) atoms. The molecule has 5 rings (SSSR count). The van der Waals surface area contributed by atoms with Gasteiger partial charge in [0.05, 0.1) is 24.3 Å². The maximum Gasteiger partial charge on any atom is 0.335 e. The molecule has 0 aliphatic carbocycles. The van der Waals surface area contributed by atoms with Gasteiger partial charge in [0.25, 0.3) is 0 Å². The van der Waals surface area contributed by atoms with Gasteiger partial charge in [-0.1, -0.05) is 13.8 Å². The summed E-state index contributed by atoms with van der Waals surface area (Å²) >= 11 is 0. The van der Waals surface area contributed by atoms with E-state index in [0.29, 0.717) is 43.3 Å². The number of aromatic carboxylic acids is 1. The smallest absolute Gasteiger partial charge is 0.335 e. The number of ether oxygens (including phenoxy) is 2. The molecule has 0 atom stereocenters. The van der Waals surface area contributed by atoms with E-state index in [0.717, 1.165) is 37.6 Å². The number of carbonyl (C=O) groups is 2. The molecule has 3 aromatic rings. The number of carboxylic acids is 1. The Bertz CT molecular complexity index is 1550. The minimum Gasteiger partial charge on any atom is -0.493 e. The molecule has 3 aromatic carbocycles. The number of hydrogen-bond acceptors (Lipinski definition) is 5. The van der Waals surface area contributed by atoms with Crippen LogP contribution in [-0.2, 0) is 18.0 Å². The van der Waals surface area contributed by atoms with Crippen molar-refractivity contribution in [3.05, 3.63) is 76.9 Å². The van der Waals surface area contributed by atoms with Crippen molar-refractivity contribution >= 4 is 17.6 Å². The number of halogens is 3. The van der Waals surface area contributed by atoms with Crippen LogP contribution in [0.25, 0.3) is 11.1 Å². The van der Waals surface area contributed by atoms with E-state index in [1.165, 1.54) is 18.2 Å². The van der Waals surface area contributed by atoms with Gasteiger partial charge in [0.1, 0.15) is 18.2 Å². The van der Waals surface area contributed by atoms with Gasteiger partial charge in [0.15, 0.2) is 11.6 Å². The fourth-order valence-electron chi connectivity index (χ4n) is 6.24. The highest BCUT2D eigenvalue weighted by Gasteiger charge is 2.45. The zero-order valence-electron chi connectivity index (χ0n) is 25.9. The lowest BCUT2D eigenvalue weighted by Crippen LogP contribution is -2.41. The van der Waals surface area contributed by atoms with Gasteiger partial charge in [-0.3, -0.25) is 9.69 Å². The summed E-state index contributed by atoms with van der Waals surface area (Å²) in [5.74, 6) is -2.35. The van der Waals surface area contributed by atoms with E-state index in [1.807, 2.05) is 26.0 Å². The van der Waals surface area contributed by atoms with Crippen LogP contribution in [0.2, 0.25) is 0 Å². The number of carbonyl (C=O) groups excluding carboxylic acids is 1. The zero-order valence-corrected chi connectivity index (χ0v) is 25.9.